The predicted octanol–water partition coefficient (Wildman–Crippen LogP) is 9.68. The van der Waals surface area contributed by atoms with Crippen molar-refractivity contribution in [2.45, 2.75) is 18.5 Å². The van der Waals surface area contributed by atoms with Crippen LogP contribution in [0.4, 0.5) is 0 Å². The Kier molecular flexibility index (Phi) is 5.56. The first-order valence-electron chi connectivity index (χ1n) is 14.8. The smallest absolute Gasteiger partial charge is 0.152 e. The molecule has 0 spiro atoms. The molecular weight excluding hydrogens is 543 g/mol. The molecule has 43 heavy (non-hydrogen) atoms. The van der Waals surface area contributed by atoms with Gasteiger partial charge >= 0.3 is 0 Å². The molecule has 2 unspecified atom stereocenters. The predicted molar refractivity (Wildman–Crippen MR) is 184 cm³/mol. The normalized spacial score (nSPS) is 18.0. The number of benzene rings is 6. The van der Waals surface area contributed by atoms with Crippen molar-refractivity contribution < 1.29 is 0 Å². The summed E-state index contributed by atoms with van der Waals surface area (Å²) in [7, 11) is 0. The lowest BCUT2D eigenvalue weighted by Gasteiger charge is -2.29. The van der Waals surface area contributed by atoms with Crippen LogP contribution in [0.2, 0.25) is 0 Å². The van der Waals surface area contributed by atoms with Gasteiger partial charge in [-0.15, -0.1) is 11.3 Å². The van der Waals surface area contributed by atoms with Crippen molar-refractivity contribution >= 4 is 71.5 Å². The first kappa shape index (κ1) is 24.5. The molecule has 9 rings (SSSR count). The summed E-state index contributed by atoms with van der Waals surface area (Å²) >= 11 is 1.90. The molecule has 4 heteroatoms. The van der Waals surface area contributed by atoms with Gasteiger partial charge in [0.25, 0.3) is 0 Å². The summed E-state index contributed by atoms with van der Waals surface area (Å²) in [5.41, 5.74) is 3.50. The number of aliphatic imine (C=N–C) groups is 2. The maximum Gasteiger partial charge on any atom is 0.152 e. The van der Waals surface area contributed by atoms with Crippen LogP contribution in [0, 0.1) is 0 Å². The van der Waals surface area contributed by atoms with Gasteiger partial charge < -0.3 is 5.32 Å². The van der Waals surface area contributed by atoms with E-state index in [9.17, 15) is 0 Å². The van der Waals surface area contributed by atoms with E-state index >= 15 is 0 Å². The monoisotopic (exact) mass is 569 g/mol. The molecule has 2 atom stereocenters. The largest absolute Gasteiger partial charge is 0.324 e. The van der Waals surface area contributed by atoms with Gasteiger partial charge in [-0.25, -0.2) is 9.98 Å². The summed E-state index contributed by atoms with van der Waals surface area (Å²) in [5, 5.41) is 12.4. The highest BCUT2D eigenvalue weighted by Gasteiger charge is 2.32. The summed E-state index contributed by atoms with van der Waals surface area (Å²) in [4.78, 5) is 12.1. The van der Waals surface area contributed by atoms with Crippen LogP contribution in [0.1, 0.15) is 33.9 Å². The van der Waals surface area contributed by atoms with Crippen molar-refractivity contribution in [1.82, 2.24) is 5.32 Å². The van der Waals surface area contributed by atoms with E-state index in [-0.39, 0.29) is 12.1 Å². The number of thiophene rings is 1. The van der Waals surface area contributed by atoms with Gasteiger partial charge in [0, 0.05) is 32.0 Å². The third-order valence-electron chi connectivity index (χ3n) is 8.82. The van der Waals surface area contributed by atoms with E-state index in [4.69, 9.17) is 9.98 Å². The van der Waals surface area contributed by atoms with Gasteiger partial charge in [-0.2, -0.15) is 0 Å². The number of hydrogen-bond acceptors (Lipinski definition) is 4. The number of hydrogen-bond donors (Lipinski definition) is 1. The van der Waals surface area contributed by atoms with Gasteiger partial charge in [-0.05, 0) is 62.5 Å². The molecule has 0 radical (unpaired) electrons. The molecule has 7 aromatic rings. The zero-order valence-electron chi connectivity index (χ0n) is 23.4. The second-order valence-corrected chi connectivity index (χ2v) is 12.5. The number of allylic oxidation sites excluding steroid dienone is 1. The molecule has 1 aliphatic heterocycles. The van der Waals surface area contributed by atoms with Gasteiger partial charge in [0.15, 0.2) is 6.17 Å². The molecule has 204 valence electrons. The van der Waals surface area contributed by atoms with Crippen molar-refractivity contribution in [2.24, 2.45) is 9.98 Å². The van der Waals surface area contributed by atoms with Gasteiger partial charge in [0.05, 0.1) is 0 Å². The Bertz CT molecular complexity index is 2310. The van der Waals surface area contributed by atoms with E-state index < -0.39 is 0 Å². The van der Waals surface area contributed by atoms with E-state index in [0.717, 1.165) is 29.2 Å². The highest BCUT2D eigenvalue weighted by molar-refractivity contribution is 7.19. The van der Waals surface area contributed by atoms with E-state index in [1.807, 2.05) is 11.3 Å². The van der Waals surface area contributed by atoms with Gasteiger partial charge in [-0.3, -0.25) is 0 Å². The lowest BCUT2D eigenvalue weighted by Crippen LogP contribution is -2.39. The molecule has 0 saturated heterocycles. The molecule has 0 saturated carbocycles. The molecule has 1 aromatic heterocycles. The molecule has 0 fully saturated rings. The lowest BCUT2D eigenvalue weighted by molar-refractivity contribution is 0.555. The first-order valence-corrected chi connectivity index (χ1v) is 15.6. The maximum absolute atomic E-state index is 5.42. The van der Waals surface area contributed by atoms with Crippen LogP contribution < -0.4 is 5.32 Å². The summed E-state index contributed by atoms with van der Waals surface area (Å²) < 4.78 is 1.33. The van der Waals surface area contributed by atoms with Gasteiger partial charge in [0.2, 0.25) is 0 Å². The van der Waals surface area contributed by atoms with Crippen molar-refractivity contribution in [3.63, 3.8) is 0 Å². The standard InChI is InChI=1S/C39H27N3S/c1-2-11-24(12-3-1)37-40-38(32-20-10-19-31-33-21-25-13-4-5-14-26(25)23-35(33)43-36(31)32)42-39(41-37)34-22-27-15-6-7-16-28(27)29-17-8-9-18-30(29)34/h1-19,21-23,32,38H,20H2,(H,40,41,42). The molecule has 2 aliphatic rings. The summed E-state index contributed by atoms with van der Waals surface area (Å²) in [6.45, 7) is 0. The van der Waals surface area contributed by atoms with Crippen LogP contribution in [-0.2, 0) is 0 Å². The number of amidine groups is 2. The molecule has 1 N–H and O–H groups in total. The molecule has 1 aliphatic carbocycles. The second kappa shape index (κ2) is 9.75. The Balaban J connectivity index is 1.24. The van der Waals surface area contributed by atoms with E-state index in [1.54, 1.807) is 0 Å². The molecule has 0 bridgehead atoms. The quantitative estimate of drug-likeness (QED) is 0.211. The Morgan fingerprint density at radius 2 is 1.28 bits per heavy atom. The minimum atomic E-state index is -0.247. The zero-order valence-corrected chi connectivity index (χ0v) is 24.2. The topological polar surface area (TPSA) is 36.8 Å². The Hall–Kier alpha value is -5.06. The van der Waals surface area contributed by atoms with Gasteiger partial charge in [0.1, 0.15) is 11.7 Å². The average Bonchev–Trinajstić information content (AvgIpc) is 3.44. The summed E-state index contributed by atoms with van der Waals surface area (Å²) in [6, 6.07) is 43.4. The zero-order chi connectivity index (χ0) is 28.3. The van der Waals surface area contributed by atoms with Gasteiger partial charge in [-0.1, -0.05) is 115 Å². The van der Waals surface area contributed by atoms with Crippen LogP contribution in [0.3, 0.4) is 0 Å². The fraction of sp³-hybridized carbons (Fsp3) is 0.0769. The van der Waals surface area contributed by atoms with E-state index in [1.165, 1.54) is 52.8 Å². The molecular formula is C39H27N3S. The summed E-state index contributed by atoms with van der Waals surface area (Å²) in [5.74, 6) is 1.91. The number of nitrogens with one attached hydrogen (secondary N) is 1. The van der Waals surface area contributed by atoms with Crippen LogP contribution >= 0.6 is 11.3 Å². The Labute approximate surface area is 253 Å². The van der Waals surface area contributed by atoms with Crippen LogP contribution in [-0.4, -0.2) is 17.8 Å². The van der Waals surface area contributed by atoms with E-state index in [2.05, 4.69) is 139 Å². The van der Waals surface area contributed by atoms with Crippen molar-refractivity contribution in [2.75, 3.05) is 0 Å². The minimum Gasteiger partial charge on any atom is -0.324 e. The summed E-state index contributed by atoms with van der Waals surface area (Å²) in [6.07, 6.45) is 5.28. The second-order valence-electron chi connectivity index (χ2n) is 11.4. The number of fused-ring (bicyclic) bond motifs is 7. The number of rotatable bonds is 3. The molecule has 6 aromatic carbocycles. The maximum atomic E-state index is 5.42. The molecule has 2 heterocycles. The fourth-order valence-electron chi connectivity index (χ4n) is 6.74. The van der Waals surface area contributed by atoms with Crippen LogP contribution in [0.15, 0.2) is 137 Å². The third-order valence-corrected chi connectivity index (χ3v) is 10.1. The molecule has 3 nitrogen and oxygen atoms in total. The average molecular weight is 570 g/mol. The first-order chi connectivity index (χ1) is 21.3. The minimum absolute atomic E-state index is 0.156. The van der Waals surface area contributed by atoms with Crippen LogP contribution in [0.5, 0.6) is 0 Å². The fourth-order valence-corrected chi connectivity index (χ4v) is 8.10. The third kappa shape index (κ3) is 4.02. The SMILES string of the molecule is C1=Cc2c(sc3cc4ccccc4cc23)C(C2N=C(c3ccccc3)NC(c3cc4ccccc4c4ccccc34)=N2)C1. The lowest BCUT2D eigenvalue weighted by atomic mass is 9.90. The number of nitrogens with zero attached hydrogens (tertiary/aromatic N) is 2. The highest BCUT2D eigenvalue weighted by atomic mass is 32.1. The van der Waals surface area contributed by atoms with Crippen molar-refractivity contribution in [3.05, 3.63) is 149 Å². The Morgan fingerprint density at radius 1 is 0.605 bits per heavy atom. The van der Waals surface area contributed by atoms with Crippen molar-refractivity contribution in [3.8, 4) is 0 Å². The Morgan fingerprint density at radius 3 is 2.12 bits per heavy atom. The highest BCUT2D eigenvalue weighted by Crippen LogP contribution is 2.45. The molecule has 0 amide bonds. The van der Waals surface area contributed by atoms with Crippen molar-refractivity contribution in [1.29, 1.82) is 0 Å². The van der Waals surface area contributed by atoms with Crippen LogP contribution in [0.25, 0.3) is 48.5 Å². The van der Waals surface area contributed by atoms with E-state index in [0.29, 0.717) is 0 Å².